The second-order valence-electron chi connectivity index (χ2n) is 6.78. The molecule has 1 aliphatic carbocycles. The number of ether oxygens (including phenoxy) is 1. The van der Waals surface area contributed by atoms with Gasteiger partial charge in [-0.15, -0.1) is 0 Å². The fraction of sp³-hybridized carbons (Fsp3) is 0.364. The standard InChI is InChI=1S/C22H23F3O/c1-3-15-10-20(24)22(21(25)11-15)26-13-17-6-4-5-7-18(17)16-9-8-14(2)19(23)12-16/h8-12H,3-7,13H2,1-2H3. The Kier molecular flexibility index (Phi) is 5.70. The number of halogens is 3. The molecule has 138 valence electrons. The van der Waals surface area contributed by atoms with E-state index in [2.05, 4.69) is 0 Å². The van der Waals surface area contributed by atoms with Gasteiger partial charge in [0.15, 0.2) is 17.4 Å². The van der Waals surface area contributed by atoms with Crippen LogP contribution in [0.3, 0.4) is 0 Å². The van der Waals surface area contributed by atoms with E-state index in [4.69, 9.17) is 4.74 Å². The van der Waals surface area contributed by atoms with Crippen molar-refractivity contribution >= 4 is 5.57 Å². The molecule has 26 heavy (non-hydrogen) atoms. The summed E-state index contributed by atoms with van der Waals surface area (Å²) >= 11 is 0. The van der Waals surface area contributed by atoms with Crippen molar-refractivity contribution in [2.24, 2.45) is 0 Å². The SMILES string of the molecule is CCc1cc(F)c(OCC2=C(c3ccc(C)c(F)c3)CCCC2)c(F)c1. The summed E-state index contributed by atoms with van der Waals surface area (Å²) in [5.41, 5.74) is 4.04. The Balaban J connectivity index is 1.87. The van der Waals surface area contributed by atoms with E-state index in [0.717, 1.165) is 42.4 Å². The zero-order chi connectivity index (χ0) is 18.7. The van der Waals surface area contributed by atoms with Crippen LogP contribution in [0, 0.1) is 24.4 Å². The van der Waals surface area contributed by atoms with Crippen LogP contribution in [0.25, 0.3) is 5.57 Å². The molecule has 0 N–H and O–H groups in total. The van der Waals surface area contributed by atoms with Gasteiger partial charge in [-0.2, -0.15) is 0 Å². The molecule has 2 aromatic carbocycles. The Morgan fingerprint density at radius 3 is 2.27 bits per heavy atom. The zero-order valence-corrected chi connectivity index (χ0v) is 15.2. The van der Waals surface area contributed by atoms with Gasteiger partial charge in [-0.25, -0.2) is 13.2 Å². The van der Waals surface area contributed by atoms with E-state index in [1.165, 1.54) is 18.2 Å². The van der Waals surface area contributed by atoms with Crippen molar-refractivity contribution in [3.05, 3.63) is 70.0 Å². The lowest BCUT2D eigenvalue weighted by molar-refractivity contribution is 0.307. The van der Waals surface area contributed by atoms with E-state index in [1.807, 2.05) is 13.0 Å². The fourth-order valence-electron chi connectivity index (χ4n) is 3.37. The first kappa shape index (κ1) is 18.6. The molecule has 0 aromatic heterocycles. The molecule has 1 aliphatic rings. The Bertz CT molecular complexity index is 816. The molecule has 0 amide bonds. The molecule has 2 aromatic rings. The lowest BCUT2D eigenvalue weighted by Gasteiger charge is -2.22. The van der Waals surface area contributed by atoms with E-state index < -0.39 is 11.6 Å². The second-order valence-corrected chi connectivity index (χ2v) is 6.78. The smallest absolute Gasteiger partial charge is 0.191 e. The van der Waals surface area contributed by atoms with Gasteiger partial charge in [-0.1, -0.05) is 19.1 Å². The lowest BCUT2D eigenvalue weighted by atomic mass is 9.87. The predicted octanol–water partition coefficient (Wildman–Crippen LogP) is 6.38. The summed E-state index contributed by atoms with van der Waals surface area (Å²) in [5.74, 6) is -1.94. The Hall–Kier alpha value is -2.23. The maximum Gasteiger partial charge on any atom is 0.191 e. The molecular weight excluding hydrogens is 337 g/mol. The molecule has 0 atom stereocenters. The summed E-state index contributed by atoms with van der Waals surface area (Å²) in [5, 5.41) is 0. The molecule has 0 spiro atoms. The quantitative estimate of drug-likeness (QED) is 0.601. The van der Waals surface area contributed by atoms with Crippen molar-refractivity contribution in [2.45, 2.75) is 46.0 Å². The minimum atomic E-state index is -0.679. The van der Waals surface area contributed by atoms with Crippen molar-refractivity contribution in [1.29, 1.82) is 0 Å². The van der Waals surface area contributed by atoms with Crippen LogP contribution in [0.4, 0.5) is 13.2 Å². The molecule has 3 rings (SSSR count). The third-order valence-corrected chi connectivity index (χ3v) is 4.96. The number of hydrogen-bond acceptors (Lipinski definition) is 1. The highest BCUT2D eigenvalue weighted by atomic mass is 19.1. The monoisotopic (exact) mass is 360 g/mol. The number of allylic oxidation sites excluding steroid dienone is 1. The molecule has 0 fully saturated rings. The molecular formula is C22H23F3O. The molecule has 0 bridgehead atoms. The highest BCUT2D eigenvalue weighted by Gasteiger charge is 2.18. The Labute approximate surface area is 152 Å². The summed E-state index contributed by atoms with van der Waals surface area (Å²) in [7, 11) is 0. The average molecular weight is 360 g/mol. The lowest BCUT2D eigenvalue weighted by Crippen LogP contribution is -2.10. The third-order valence-electron chi connectivity index (χ3n) is 4.96. The van der Waals surface area contributed by atoms with Gasteiger partial charge in [0.1, 0.15) is 12.4 Å². The molecule has 4 heteroatoms. The molecule has 1 nitrogen and oxygen atoms in total. The van der Waals surface area contributed by atoms with Crippen molar-refractivity contribution in [3.63, 3.8) is 0 Å². The maximum absolute atomic E-state index is 14.1. The molecule has 0 radical (unpaired) electrons. The van der Waals surface area contributed by atoms with Gasteiger partial charge in [0, 0.05) is 0 Å². The van der Waals surface area contributed by atoms with Crippen molar-refractivity contribution in [1.82, 2.24) is 0 Å². The number of aryl methyl sites for hydroxylation is 2. The Morgan fingerprint density at radius 1 is 0.923 bits per heavy atom. The van der Waals surface area contributed by atoms with Gasteiger partial charge in [-0.05, 0) is 85.1 Å². The van der Waals surface area contributed by atoms with Crippen molar-refractivity contribution in [3.8, 4) is 5.75 Å². The van der Waals surface area contributed by atoms with Crippen LogP contribution in [0.5, 0.6) is 5.75 Å². The van der Waals surface area contributed by atoms with Gasteiger partial charge in [0.05, 0.1) is 0 Å². The van der Waals surface area contributed by atoms with E-state index in [0.29, 0.717) is 17.5 Å². The average Bonchev–Trinajstić information content (AvgIpc) is 2.63. The zero-order valence-electron chi connectivity index (χ0n) is 15.2. The molecule has 0 unspecified atom stereocenters. The predicted molar refractivity (Wildman–Crippen MR) is 97.8 cm³/mol. The largest absolute Gasteiger partial charge is 0.483 e. The number of rotatable bonds is 5. The highest BCUT2D eigenvalue weighted by Crippen LogP contribution is 2.34. The molecule has 0 saturated carbocycles. The van der Waals surface area contributed by atoms with Gasteiger partial charge >= 0.3 is 0 Å². The summed E-state index contributed by atoms with van der Waals surface area (Å²) in [4.78, 5) is 0. The topological polar surface area (TPSA) is 9.23 Å². The highest BCUT2D eigenvalue weighted by molar-refractivity contribution is 5.70. The van der Waals surface area contributed by atoms with Gasteiger partial charge < -0.3 is 4.74 Å². The first-order valence-electron chi connectivity index (χ1n) is 9.07. The summed E-state index contributed by atoms with van der Waals surface area (Å²) in [6.45, 7) is 3.68. The third kappa shape index (κ3) is 3.95. The minimum absolute atomic E-state index is 0.115. The molecule has 0 saturated heterocycles. The van der Waals surface area contributed by atoms with Gasteiger partial charge in [0.2, 0.25) is 0 Å². The second kappa shape index (κ2) is 7.98. The first-order valence-corrected chi connectivity index (χ1v) is 9.07. The van der Waals surface area contributed by atoms with Crippen LogP contribution in [0.1, 0.15) is 49.3 Å². The number of benzene rings is 2. The van der Waals surface area contributed by atoms with Crippen molar-refractivity contribution < 1.29 is 17.9 Å². The normalized spacial score (nSPS) is 14.7. The summed E-state index contributed by atoms with van der Waals surface area (Å²) < 4.78 is 47.7. The van der Waals surface area contributed by atoms with Gasteiger partial charge in [-0.3, -0.25) is 0 Å². The van der Waals surface area contributed by atoms with Crippen molar-refractivity contribution in [2.75, 3.05) is 6.61 Å². The molecule has 0 aliphatic heterocycles. The van der Waals surface area contributed by atoms with Gasteiger partial charge in [0.25, 0.3) is 0 Å². The maximum atomic E-state index is 14.1. The van der Waals surface area contributed by atoms with Crippen LogP contribution < -0.4 is 4.74 Å². The van der Waals surface area contributed by atoms with Crippen LogP contribution in [-0.4, -0.2) is 6.61 Å². The van der Waals surface area contributed by atoms with Crippen LogP contribution >= 0.6 is 0 Å². The van der Waals surface area contributed by atoms with E-state index in [1.54, 1.807) is 13.0 Å². The van der Waals surface area contributed by atoms with E-state index in [9.17, 15) is 13.2 Å². The number of hydrogen-bond donors (Lipinski definition) is 0. The first-order chi connectivity index (χ1) is 12.5. The van der Waals surface area contributed by atoms with Crippen LogP contribution in [0.2, 0.25) is 0 Å². The van der Waals surface area contributed by atoms with E-state index >= 15 is 0 Å². The van der Waals surface area contributed by atoms with Crippen LogP contribution in [0.15, 0.2) is 35.9 Å². The Morgan fingerprint density at radius 2 is 1.62 bits per heavy atom. The minimum Gasteiger partial charge on any atom is -0.483 e. The van der Waals surface area contributed by atoms with Crippen LogP contribution in [-0.2, 0) is 6.42 Å². The summed E-state index contributed by atoms with van der Waals surface area (Å²) in [6.07, 6.45) is 4.18. The fourth-order valence-corrected chi connectivity index (χ4v) is 3.37. The van der Waals surface area contributed by atoms with E-state index in [-0.39, 0.29) is 18.2 Å². The summed E-state index contributed by atoms with van der Waals surface area (Å²) in [6, 6.07) is 7.81. The molecule has 0 heterocycles.